The molecule has 4 rings (SSSR count). The number of rotatable bonds is 3. The molecule has 0 radical (unpaired) electrons. The van der Waals surface area contributed by atoms with Crippen molar-refractivity contribution < 1.29 is 8.78 Å². The van der Waals surface area contributed by atoms with Crippen LogP contribution in [0.2, 0.25) is 0 Å². The van der Waals surface area contributed by atoms with E-state index in [1.807, 2.05) is 18.4 Å². The highest BCUT2D eigenvalue weighted by Gasteiger charge is 2.12. The third kappa shape index (κ3) is 2.77. The first-order chi connectivity index (χ1) is 11.1. The second-order valence-corrected chi connectivity index (χ2v) is 7.67. The monoisotopic (exact) mass is 365 g/mol. The average molecular weight is 365 g/mol. The normalized spacial score (nSPS) is 11.4. The molecule has 0 spiro atoms. The standard InChI is InChI=1S/C15H9F2N3S3/c1-21-8-2-3-10-11(6-8)22-14(18-10)20-15-19-13-9(17)4-7(16)5-12(13)23-15/h2-6H,1H3,(H,18,19,20). The quantitative estimate of drug-likeness (QED) is 0.476. The van der Waals surface area contributed by atoms with Crippen molar-refractivity contribution >= 4 is 65.1 Å². The van der Waals surface area contributed by atoms with Gasteiger partial charge in [0.05, 0.1) is 14.9 Å². The minimum atomic E-state index is -0.654. The summed E-state index contributed by atoms with van der Waals surface area (Å²) in [4.78, 5) is 9.84. The number of anilines is 2. The summed E-state index contributed by atoms with van der Waals surface area (Å²) in [7, 11) is 0. The smallest absolute Gasteiger partial charge is 0.190 e. The number of fused-ring (bicyclic) bond motifs is 2. The summed E-state index contributed by atoms with van der Waals surface area (Å²) in [6.07, 6.45) is 2.02. The van der Waals surface area contributed by atoms with E-state index in [0.717, 1.165) is 16.3 Å². The van der Waals surface area contributed by atoms with E-state index < -0.39 is 11.6 Å². The zero-order valence-corrected chi connectivity index (χ0v) is 14.2. The molecule has 2 aromatic heterocycles. The van der Waals surface area contributed by atoms with Gasteiger partial charge >= 0.3 is 0 Å². The molecule has 0 aliphatic carbocycles. The number of halogens is 2. The van der Waals surface area contributed by atoms with Crippen LogP contribution < -0.4 is 5.32 Å². The van der Waals surface area contributed by atoms with Crippen LogP contribution in [0.5, 0.6) is 0 Å². The molecule has 0 unspecified atom stereocenters. The van der Waals surface area contributed by atoms with Crippen molar-refractivity contribution in [3.63, 3.8) is 0 Å². The van der Waals surface area contributed by atoms with Gasteiger partial charge in [-0.1, -0.05) is 22.7 Å². The number of thiazole rings is 2. The van der Waals surface area contributed by atoms with Gasteiger partial charge in [-0.3, -0.25) is 0 Å². The minimum absolute atomic E-state index is 0.171. The molecule has 2 heterocycles. The molecule has 0 aliphatic rings. The fraction of sp³-hybridized carbons (Fsp3) is 0.0667. The molecule has 4 aromatic rings. The Bertz CT molecular complexity index is 1030. The number of hydrogen-bond acceptors (Lipinski definition) is 6. The number of nitrogens with one attached hydrogen (secondary N) is 1. The number of aromatic nitrogens is 2. The molecular formula is C15H9F2N3S3. The molecule has 2 aromatic carbocycles. The SMILES string of the molecule is CSc1ccc2nc(Nc3nc4c(F)cc(F)cc4s3)sc2c1. The summed E-state index contributed by atoms with van der Waals surface area (Å²) >= 11 is 4.37. The highest BCUT2D eigenvalue weighted by Crippen LogP contribution is 2.34. The number of nitrogens with zero attached hydrogens (tertiary/aromatic N) is 2. The van der Waals surface area contributed by atoms with Crippen LogP contribution in [0.4, 0.5) is 19.0 Å². The summed E-state index contributed by atoms with van der Waals surface area (Å²) < 4.78 is 28.5. The Balaban J connectivity index is 1.71. The molecule has 0 atom stereocenters. The van der Waals surface area contributed by atoms with E-state index in [2.05, 4.69) is 21.4 Å². The molecule has 116 valence electrons. The number of benzene rings is 2. The maximum Gasteiger partial charge on any atom is 0.190 e. The number of thioether (sulfide) groups is 1. The van der Waals surface area contributed by atoms with Crippen molar-refractivity contribution in [1.82, 2.24) is 9.97 Å². The van der Waals surface area contributed by atoms with Crippen LogP contribution >= 0.6 is 34.4 Å². The molecule has 0 saturated heterocycles. The van der Waals surface area contributed by atoms with Crippen molar-refractivity contribution in [1.29, 1.82) is 0 Å². The van der Waals surface area contributed by atoms with E-state index in [9.17, 15) is 8.78 Å². The Morgan fingerprint density at radius 2 is 1.78 bits per heavy atom. The van der Waals surface area contributed by atoms with E-state index in [0.29, 0.717) is 15.0 Å². The topological polar surface area (TPSA) is 37.8 Å². The first-order valence-electron chi connectivity index (χ1n) is 6.59. The van der Waals surface area contributed by atoms with Gasteiger partial charge in [0.1, 0.15) is 11.3 Å². The fourth-order valence-corrected chi connectivity index (χ4v) is 4.57. The molecule has 0 fully saturated rings. The van der Waals surface area contributed by atoms with E-state index in [-0.39, 0.29) is 5.52 Å². The van der Waals surface area contributed by atoms with Gasteiger partial charge in [-0.2, -0.15) is 0 Å². The van der Waals surface area contributed by atoms with Crippen LogP contribution in [0, 0.1) is 11.6 Å². The van der Waals surface area contributed by atoms with Crippen LogP contribution in [0.3, 0.4) is 0 Å². The molecule has 3 nitrogen and oxygen atoms in total. The van der Waals surface area contributed by atoms with E-state index in [1.165, 1.54) is 33.6 Å². The predicted octanol–water partition coefficient (Wildman–Crippen LogP) is 5.65. The molecule has 0 amide bonds. The van der Waals surface area contributed by atoms with E-state index in [4.69, 9.17) is 0 Å². The second kappa shape index (κ2) is 5.70. The lowest BCUT2D eigenvalue weighted by Crippen LogP contribution is -1.87. The van der Waals surface area contributed by atoms with Gasteiger partial charge in [-0.25, -0.2) is 18.7 Å². The predicted molar refractivity (Wildman–Crippen MR) is 94.2 cm³/mol. The summed E-state index contributed by atoms with van der Waals surface area (Å²) in [5.74, 6) is -1.26. The van der Waals surface area contributed by atoms with Crippen molar-refractivity contribution in [2.45, 2.75) is 4.90 Å². The molecular weight excluding hydrogens is 356 g/mol. The zero-order chi connectivity index (χ0) is 16.0. The van der Waals surface area contributed by atoms with Gasteiger partial charge in [-0.15, -0.1) is 11.8 Å². The van der Waals surface area contributed by atoms with Gasteiger partial charge in [0.15, 0.2) is 16.1 Å². The molecule has 0 aliphatic heterocycles. The zero-order valence-electron chi connectivity index (χ0n) is 11.8. The van der Waals surface area contributed by atoms with Crippen LogP contribution in [-0.4, -0.2) is 16.2 Å². The lowest BCUT2D eigenvalue weighted by Gasteiger charge is -1.93. The summed E-state index contributed by atoms with van der Waals surface area (Å²) in [5, 5.41) is 4.26. The van der Waals surface area contributed by atoms with Crippen molar-refractivity contribution in [2.24, 2.45) is 0 Å². The lowest BCUT2D eigenvalue weighted by molar-refractivity contribution is 0.591. The largest absolute Gasteiger partial charge is 0.307 e. The lowest BCUT2D eigenvalue weighted by atomic mass is 10.3. The maximum absolute atomic E-state index is 13.7. The first kappa shape index (κ1) is 14.8. The average Bonchev–Trinajstić information content (AvgIpc) is 3.09. The van der Waals surface area contributed by atoms with Crippen molar-refractivity contribution in [3.8, 4) is 0 Å². The molecule has 0 saturated carbocycles. The highest BCUT2D eigenvalue weighted by molar-refractivity contribution is 7.98. The molecule has 8 heteroatoms. The van der Waals surface area contributed by atoms with Gasteiger partial charge in [-0.05, 0) is 30.5 Å². The van der Waals surface area contributed by atoms with Gasteiger partial charge in [0.25, 0.3) is 0 Å². The molecule has 1 N–H and O–H groups in total. The Labute approximate surface area is 142 Å². The summed E-state index contributed by atoms with van der Waals surface area (Å²) in [5.41, 5.74) is 1.07. The van der Waals surface area contributed by atoms with E-state index >= 15 is 0 Å². The van der Waals surface area contributed by atoms with Crippen molar-refractivity contribution in [2.75, 3.05) is 11.6 Å². The highest BCUT2D eigenvalue weighted by atomic mass is 32.2. The second-order valence-electron chi connectivity index (χ2n) is 4.73. The Kier molecular flexibility index (Phi) is 3.67. The number of hydrogen-bond donors (Lipinski definition) is 1. The van der Waals surface area contributed by atoms with Gasteiger partial charge < -0.3 is 5.32 Å². The van der Waals surface area contributed by atoms with Crippen molar-refractivity contribution in [3.05, 3.63) is 42.0 Å². The summed E-state index contributed by atoms with van der Waals surface area (Å²) in [6, 6.07) is 8.19. The van der Waals surface area contributed by atoms with Gasteiger partial charge in [0.2, 0.25) is 0 Å². The Hall–Kier alpha value is -1.77. The minimum Gasteiger partial charge on any atom is -0.307 e. The third-order valence-electron chi connectivity index (χ3n) is 3.22. The van der Waals surface area contributed by atoms with Gasteiger partial charge in [0, 0.05) is 11.0 Å². The van der Waals surface area contributed by atoms with Crippen LogP contribution in [0.25, 0.3) is 20.4 Å². The summed E-state index contributed by atoms with van der Waals surface area (Å²) in [6.45, 7) is 0. The van der Waals surface area contributed by atoms with E-state index in [1.54, 1.807) is 11.8 Å². The fourth-order valence-electron chi connectivity index (χ4n) is 2.19. The first-order valence-corrected chi connectivity index (χ1v) is 9.45. The molecule has 23 heavy (non-hydrogen) atoms. The van der Waals surface area contributed by atoms with Crippen LogP contribution in [0.15, 0.2) is 35.2 Å². The van der Waals surface area contributed by atoms with Crippen LogP contribution in [-0.2, 0) is 0 Å². The maximum atomic E-state index is 13.7. The third-order valence-corrected chi connectivity index (χ3v) is 5.80. The Morgan fingerprint density at radius 1 is 1.00 bits per heavy atom. The van der Waals surface area contributed by atoms with Crippen LogP contribution in [0.1, 0.15) is 0 Å². The Morgan fingerprint density at radius 3 is 2.61 bits per heavy atom. The molecule has 0 bridgehead atoms.